The molecule has 4 rings (SSSR count). The van der Waals surface area contributed by atoms with Crippen molar-refractivity contribution in [1.82, 2.24) is 0 Å². The van der Waals surface area contributed by atoms with E-state index in [0.717, 1.165) is 12.1 Å². The Hall–Kier alpha value is -3.16. The van der Waals surface area contributed by atoms with E-state index in [1.807, 2.05) is 13.8 Å². The van der Waals surface area contributed by atoms with Crippen LogP contribution in [0.3, 0.4) is 0 Å². The highest BCUT2D eigenvalue weighted by Crippen LogP contribution is 2.49. The van der Waals surface area contributed by atoms with Gasteiger partial charge < -0.3 is 5.32 Å². The molecule has 2 aromatic carbocycles. The number of nitrogens with zero attached hydrogens (tertiary/aromatic N) is 1. The van der Waals surface area contributed by atoms with Crippen molar-refractivity contribution in [2.45, 2.75) is 38.9 Å². The van der Waals surface area contributed by atoms with Gasteiger partial charge in [-0.3, -0.25) is 14.5 Å². The van der Waals surface area contributed by atoms with Gasteiger partial charge in [-0.25, -0.2) is 4.39 Å². The number of benzene rings is 2. The van der Waals surface area contributed by atoms with Crippen LogP contribution in [0.1, 0.15) is 38.3 Å². The minimum Gasteiger partial charge on any atom is -0.357 e. The number of halogens is 4. The summed E-state index contributed by atoms with van der Waals surface area (Å²) in [4.78, 5) is 26.5. The normalized spacial score (nSPS) is 20.5. The van der Waals surface area contributed by atoms with Crippen LogP contribution in [0.15, 0.2) is 59.8 Å². The van der Waals surface area contributed by atoms with Crippen molar-refractivity contribution in [2.75, 3.05) is 10.2 Å². The molecule has 4 nitrogen and oxygen atoms in total. The zero-order chi connectivity index (χ0) is 22.6. The first-order valence-electron chi connectivity index (χ1n) is 9.76. The fraction of sp³-hybridized carbons (Fsp3) is 0.304. The predicted molar refractivity (Wildman–Crippen MR) is 108 cm³/mol. The van der Waals surface area contributed by atoms with Crippen LogP contribution in [0.2, 0.25) is 0 Å². The third-order valence-electron chi connectivity index (χ3n) is 5.55. The van der Waals surface area contributed by atoms with Crippen molar-refractivity contribution < 1.29 is 27.2 Å². The molecule has 0 aromatic heterocycles. The first kappa shape index (κ1) is 21.1. The highest BCUT2D eigenvalue weighted by atomic mass is 19.4. The van der Waals surface area contributed by atoms with Gasteiger partial charge in [0.25, 0.3) is 0 Å². The SMILES string of the molecule is CC1(C)CC(=O)C2=C(C1)Nc1ccccc1N(C(=O)C(F)(F)F)[C@@H]2c1ccc(F)cc1. The molecule has 1 N–H and O–H groups in total. The lowest BCUT2D eigenvalue weighted by atomic mass is 9.73. The summed E-state index contributed by atoms with van der Waals surface area (Å²) in [5.74, 6) is -3.02. The fourth-order valence-corrected chi connectivity index (χ4v) is 4.31. The van der Waals surface area contributed by atoms with Crippen LogP contribution in [0.5, 0.6) is 0 Å². The Labute approximate surface area is 176 Å². The molecule has 162 valence electrons. The molecule has 8 heteroatoms. The largest absolute Gasteiger partial charge is 0.471 e. The molecule has 0 spiro atoms. The number of carbonyl (C=O) groups is 2. The van der Waals surface area contributed by atoms with Crippen molar-refractivity contribution in [1.29, 1.82) is 0 Å². The standard InChI is InChI=1S/C23H20F4N2O2/c1-22(2)11-16-19(18(30)12-22)20(13-7-9-14(24)10-8-13)29(21(31)23(25,26)27)17-6-4-3-5-15(17)28-16/h3-10,20,28H,11-12H2,1-2H3/t20-/m1/s1. The molecule has 1 aliphatic carbocycles. The molecule has 1 atom stereocenters. The van der Waals surface area contributed by atoms with E-state index in [1.54, 1.807) is 12.1 Å². The van der Waals surface area contributed by atoms with E-state index in [0.29, 0.717) is 22.7 Å². The Kier molecular flexibility index (Phi) is 4.91. The van der Waals surface area contributed by atoms with E-state index in [4.69, 9.17) is 0 Å². The Morgan fingerprint density at radius 2 is 1.71 bits per heavy atom. The average molecular weight is 432 g/mol. The molecule has 0 saturated carbocycles. The van der Waals surface area contributed by atoms with Gasteiger partial charge in [0.1, 0.15) is 5.82 Å². The van der Waals surface area contributed by atoms with Gasteiger partial charge in [0, 0.05) is 17.7 Å². The van der Waals surface area contributed by atoms with Crippen molar-refractivity contribution in [2.24, 2.45) is 5.41 Å². The molecule has 0 unspecified atom stereocenters. The lowest BCUT2D eigenvalue weighted by Gasteiger charge is -2.37. The second-order valence-corrected chi connectivity index (χ2v) is 8.60. The number of ketones is 1. The molecule has 2 aliphatic rings. The molecular formula is C23H20F4N2O2. The number of fused-ring (bicyclic) bond motifs is 1. The number of para-hydroxylation sites is 2. The Morgan fingerprint density at radius 3 is 2.35 bits per heavy atom. The third-order valence-corrected chi connectivity index (χ3v) is 5.55. The molecule has 1 amide bonds. The number of Topliss-reactive ketones (excluding diaryl/α,β-unsaturated/α-hetero) is 1. The Bertz CT molecular complexity index is 1090. The lowest BCUT2D eigenvalue weighted by molar-refractivity contribution is -0.170. The summed E-state index contributed by atoms with van der Waals surface area (Å²) in [6.07, 6.45) is -4.64. The second kappa shape index (κ2) is 7.21. The van der Waals surface area contributed by atoms with Gasteiger partial charge in [0.15, 0.2) is 5.78 Å². The van der Waals surface area contributed by atoms with Gasteiger partial charge in [0.05, 0.1) is 17.4 Å². The quantitative estimate of drug-likeness (QED) is 0.603. The highest BCUT2D eigenvalue weighted by molar-refractivity contribution is 6.07. The van der Waals surface area contributed by atoms with Gasteiger partial charge in [-0.2, -0.15) is 13.2 Å². The van der Waals surface area contributed by atoms with Crippen LogP contribution in [-0.4, -0.2) is 17.9 Å². The van der Waals surface area contributed by atoms with E-state index in [-0.39, 0.29) is 29.0 Å². The molecule has 31 heavy (non-hydrogen) atoms. The van der Waals surface area contributed by atoms with E-state index < -0.39 is 29.4 Å². The average Bonchev–Trinajstić information content (AvgIpc) is 2.80. The molecule has 0 radical (unpaired) electrons. The van der Waals surface area contributed by atoms with Crippen LogP contribution in [0.25, 0.3) is 0 Å². The summed E-state index contributed by atoms with van der Waals surface area (Å²) < 4.78 is 54.6. The van der Waals surface area contributed by atoms with Gasteiger partial charge in [-0.15, -0.1) is 0 Å². The molecule has 0 bridgehead atoms. The van der Waals surface area contributed by atoms with Crippen LogP contribution < -0.4 is 10.2 Å². The van der Waals surface area contributed by atoms with Crippen molar-refractivity contribution >= 4 is 23.1 Å². The topological polar surface area (TPSA) is 49.4 Å². The molecular weight excluding hydrogens is 412 g/mol. The van der Waals surface area contributed by atoms with Gasteiger partial charge in [0.2, 0.25) is 0 Å². The number of rotatable bonds is 1. The smallest absolute Gasteiger partial charge is 0.357 e. The number of alkyl halides is 3. The minimum atomic E-state index is -5.17. The number of hydrogen-bond donors (Lipinski definition) is 1. The van der Waals surface area contributed by atoms with Crippen molar-refractivity contribution in [3.05, 3.63) is 71.2 Å². The van der Waals surface area contributed by atoms with Crippen LogP contribution in [0.4, 0.5) is 28.9 Å². The second-order valence-electron chi connectivity index (χ2n) is 8.60. The van der Waals surface area contributed by atoms with E-state index in [2.05, 4.69) is 5.32 Å². The number of allylic oxidation sites excluding steroid dienone is 1. The molecule has 0 fully saturated rings. The summed E-state index contributed by atoms with van der Waals surface area (Å²) >= 11 is 0. The number of hydrogen-bond acceptors (Lipinski definition) is 3. The van der Waals surface area contributed by atoms with Crippen molar-refractivity contribution in [3.63, 3.8) is 0 Å². The molecule has 2 aromatic rings. The summed E-state index contributed by atoms with van der Waals surface area (Å²) in [5, 5.41) is 3.12. The van der Waals surface area contributed by atoms with Gasteiger partial charge >= 0.3 is 12.1 Å². The monoisotopic (exact) mass is 432 g/mol. The molecule has 1 heterocycles. The maximum absolute atomic E-state index is 13.7. The van der Waals surface area contributed by atoms with Crippen LogP contribution in [0, 0.1) is 11.2 Å². The summed E-state index contributed by atoms with van der Waals surface area (Å²) in [5.41, 5.74) is 0.675. The van der Waals surface area contributed by atoms with Crippen LogP contribution in [-0.2, 0) is 9.59 Å². The summed E-state index contributed by atoms with van der Waals surface area (Å²) in [6, 6.07) is 9.60. The van der Waals surface area contributed by atoms with Crippen LogP contribution >= 0.6 is 0 Å². The maximum Gasteiger partial charge on any atom is 0.471 e. The molecule has 0 saturated heterocycles. The third kappa shape index (κ3) is 3.82. The maximum atomic E-state index is 13.7. The van der Waals surface area contributed by atoms with E-state index >= 15 is 0 Å². The Morgan fingerprint density at radius 1 is 1.06 bits per heavy atom. The highest BCUT2D eigenvalue weighted by Gasteiger charge is 2.50. The zero-order valence-corrected chi connectivity index (χ0v) is 16.9. The number of anilines is 2. The predicted octanol–water partition coefficient (Wildman–Crippen LogP) is 5.53. The summed E-state index contributed by atoms with van der Waals surface area (Å²) in [6.45, 7) is 3.80. The first-order chi connectivity index (χ1) is 14.5. The Balaban J connectivity index is 2.03. The molecule has 1 aliphatic heterocycles. The fourth-order valence-electron chi connectivity index (χ4n) is 4.31. The first-order valence-corrected chi connectivity index (χ1v) is 9.76. The zero-order valence-electron chi connectivity index (χ0n) is 16.9. The van der Waals surface area contributed by atoms with Gasteiger partial charge in [-0.05, 0) is 41.7 Å². The minimum absolute atomic E-state index is 0.000781. The lowest BCUT2D eigenvalue weighted by Crippen LogP contribution is -2.45. The summed E-state index contributed by atoms with van der Waals surface area (Å²) in [7, 11) is 0. The number of amides is 1. The number of nitrogens with one attached hydrogen (secondary N) is 1. The van der Waals surface area contributed by atoms with Crippen molar-refractivity contribution in [3.8, 4) is 0 Å². The van der Waals surface area contributed by atoms with E-state index in [9.17, 15) is 27.2 Å². The van der Waals surface area contributed by atoms with E-state index in [1.165, 1.54) is 24.3 Å². The van der Waals surface area contributed by atoms with Gasteiger partial charge in [-0.1, -0.05) is 38.1 Å². The number of carbonyl (C=O) groups excluding carboxylic acids is 2.